The van der Waals surface area contributed by atoms with Crippen molar-refractivity contribution in [2.24, 2.45) is 0 Å². The van der Waals surface area contributed by atoms with Crippen LogP contribution in [0, 0.1) is 5.82 Å². The minimum absolute atomic E-state index is 0.146. The molecule has 4 nitrogen and oxygen atoms in total. The van der Waals surface area contributed by atoms with Gasteiger partial charge in [0, 0.05) is 12.1 Å². The fourth-order valence-corrected chi connectivity index (χ4v) is 1.94. The van der Waals surface area contributed by atoms with Gasteiger partial charge >= 0.3 is 0 Å². The number of rotatable bonds is 2. The second-order valence-electron chi connectivity index (χ2n) is 4.23. The van der Waals surface area contributed by atoms with Gasteiger partial charge in [0.05, 0.1) is 16.9 Å². The van der Waals surface area contributed by atoms with Gasteiger partial charge in [-0.1, -0.05) is 11.6 Å². The van der Waals surface area contributed by atoms with Gasteiger partial charge in [-0.25, -0.2) is 4.39 Å². The molecule has 20 heavy (non-hydrogen) atoms. The Morgan fingerprint density at radius 1 is 1.30 bits per heavy atom. The van der Waals surface area contributed by atoms with E-state index in [0.717, 1.165) is 18.2 Å². The SMILES string of the molecule is CN(C(=O)c1cc(F)ccc1O)c1cc(Cl)ccc1N. The molecule has 2 aromatic carbocycles. The van der Waals surface area contributed by atoms with E-state index in [9.17, 15) is 14.3 Å². The number of carbonyl (C=O) groups is 1. The van der Waals surface area contributed by atoms with Gasteiger partial charge in [0.1, 0.15) is 11.6 Å². The zero-order chi connectivity index (χ0) is 14.9. The summed E-state index contributed by atoms with van der Waals surface area (Å²) < 4.78 is 13.2. The fourth-order valence-electron chi connectivity index (χ4n) is 1.78. The Morgan fingerprint density at radius 3 is 2.70 bits per heavy atom. The Kier molecular flexibility index (Phi) is 3.81. The number of carbonyl (C=O) groups excluding carboxylic acids is 1. The first-order chi connectivity index (χ1) is 9.40. The number of halogens is 2. The van der Waals surface area contributed by atoms with E-state index in [4.69, 9.17) is 17.3 Å². The van der Waals surface area contributed by atoms with Crippen LogP contribution in [0.25, 0.3) is 0 Å². The Hall–Kier alpha value is -2.27. The molecular formula is C14H12ClFN2O2. The lowest BCUT2D eigenvalue weighted by atomic mass is 10.1. The third-order valence-electron chi connectivity index (χ3n) is 2.85. The van der Waals surface area contributed by atoms with Crippen molar-refractivity contribution in [3.8, 4) is 5.75 Å². The molecule has 104 valence electrons. The van der Waals surface area contributed by atoms with Crippen LogP contribution >= 0.6 is 11.6 Å². The molecule has 0 radical (unpaired) electrons. The topological polar surface area (TPSA) is 66.6 Å². The number of nitrogens with zero attached hydrogens (tertiary/aromatic N) is 1. The van der Waals surface area contributed by atoms with Crippen LogP contribution in [0.1, 0.15) is 10.4 Å². The molecule has 0 heterocycles. The lowest BCUT2D eigenvalue weighted by Crippen LogP contribution is -2.27. The Balaban J connectivity index is 2.42. The number of benzene rings is 2. The molecule has 0 spiro atoms. The summed E-state index contributed by atoms with van der Waals surface area (Å²) in [5, 5.41) is 10.1. The third kappa shape index (κ3) is 2.67. The molecule has 0 atom stereocenters. The van der Waals surface area contributed by atoms with E-state index in [1.54, 1.807) is 12.1 Å². The number of aromatic hydroxyl groups is 1. The number of anilines is 2. The van der Waals surface area contributed by atoms with E-state index in [1.165, 1.54) is 18.0 Å². The summed E-state index contributed by atoms with van der Waals surface area (Å²) in [5.41, 5.74) is 6.37. The van der Waals surface area contributed by atoms with E-state index >= 15 is 0 Å². The molecule has 2 aromatic rings. The van der Waals surface area contributed by atoms with Gasteiger partial charge in [0.25, 0.3) is 5.91 Å². The average Bonchev–Trinajstić information content (AvgIpc) is 2.42. The van der Waals surface area contributed by atoms with Crippen LogP contribution in [0.3, 0.4) is 0 Å². The van der Waals surface area contributed by atoms with Gasteiger partial charge in [0.2, 0.25) is 0 Å². The van der Waals surface area contributed by atoms with Crippen molar-refractivity contribution >= 4 is 28.9 Å². The van der Waals surface area contributed by atoms with Gasteiger partial charge in [-0.15, -0.1) is 0 Å². The molecule has 0 bridgehead atoms. The van der Waals surface area contributed by atoms with Crippen LogP contribution in [-0.4, -0.2) is 18.1 Å². The Labute approximate surface area is 120 Å². The van der Waals surface area contributed by atoms with E-state index in [0.29, 0.717) is 16.4 Å². The molecule has 0 aromatic heterocycles. The van der Waals surface area contributed by atoms with Crippen molar-refractivity contribution in [1.29, 1.82) is 0 Å². The molecule has 0 fully saturated rings. The summed E-state index contributed by atoms with van der Waals surface area (Å²) >= 11 is 5.87. The first kappa shape index (κ1) is 14.1. The molecule has 0 aliphatic carbocycles. The molecule has 0 saturated heterocycles. The minimum atomic E-state index is -0.612. The Bertz CT molecular complexity index is 676. The molecule has 6 heteroatoms. The first-order valence-corrected chi connectivity index (χ1v) is 6.09. The number of amides is 1. The quantitative estimate of drug-likeness (QED) is 0.837. The number of hydrogen-bond donors (Lipinski definition) is 2. The zero-order valence-electron chi connectivity index (χ0n) is 10.6. The second-order valence-corrected chi connectivity index (χ2v) is 4.67. The van der Waals surface area contributed by atoms with E-state index in [-0.39, 0.29) is 11.3 Å². The maximum absolute atomic E-state index is 13.2. The summed E-state index contributed by atoms with van der Waals surface area (Å²) in [5.74, 6) is -1.50. The summed E-state index contributed by atoms with van der Waals surface area (Å²) in [7, 11) is 1.47. The van der Waals surface area contributed by atoms with E-state index in [1.807, 2.05) is 0 Å². The van der Waals surface area contributed by atoms with Crippen molar-refractivity contribution < 1.29 is 14.3 Å². The number of phenols is 1. The first-order valence-electron chi connectivity index (χ1n) is 5.71. The van der Waals surface area contributed by atoms with Crippen molar-refractivity contribution in [1.82, 2.24) is 0 Å². The minimum Gasteiger partial charge on any atom is -0.507 e. The maximum atomic E-state index is 13.2. The maximum Gasteiger partial charge on any atom is 0.261 e. The molecule has 2 rings (SSSR count). The van der Waals surface area contributed by atoms with Crippen LogP contribution in [0.2, 0.25) is 5.02 Å². The summed E-state index contributed by atoms with van der Waals surface area (Å²) in [6.45, 7) is 0. The molecule has 0 unspecified atom stereocenters. The number of nitrogens with two attached hydrogens (primary N) is 1. The van der Waals surface area contributed by atoms with Crippen molar-refractivity contribution in [3.05, 3.63) is 52.8 Å². The van der Waals surface area contributed by atoms with Crippen LogP contribution in [-0.2, 0) is 0 Å². The molecule has 0 aliphatic rings. The number of nitrogen functional groups attached to an aromatic ring is 1. The lowest BCUT2D eigenvalue weighted by molar-refractivity contribution is 0.0990. The number of hydrogen-bond acceptors (Lipinski definition) is 3. The summed E-state index contributed by atoms with van der Waals surface area (Å²) in [6.07, 6.45) is 0. The summed E-state index contributed by atoms with van der Waals surface area (Å²) in [6, 6.07) is 7.84. The van der Waals surface area contributed by atoms with Gasteiger partial charge in [-0.3, -0.25) is 4.79 Å². The van der Waals surface area contributed by atoms with Crippen LogP contribution in [0.15, 0.2) is 36.4 Å². The predicted octanol–water partition coefficient (Wildman–Crippen LogP) is 3.04. The van der Waals surface area contributed by atoms with Crippen molar-refractivity contribution in [2.45, 2.75) is 0 Å². The van der Waals surface area contributed by atoms with Crippen LogP contribution in [0.5, 0.6) is 5.75 Å². The average molecular weight is 295 g/mol. The predicted molar refractivity (Wildman–Crippen MR) is 76.7 cm³/mol. The normalized spacial score (nSPS) is 10.3. The monoisotopic (exact) mass is 294 g/mol. The second kappa shape index (κ2) is 5.38. The van der Waals surface area contributed by atoms with Gasteiger partial charge in [0.15, 0.2) is 0 Å². The highest BCUT2D eigenvalue weighted by atomic mass is 35.5. The summed E-state index contributed by atoms with van der Waals surface area (Å²) in [4.78, 5) is 13.5. The fraction of sp³-hybridized carbons (Fsp3) is 0.0714. The zero-order valence-corrected chi connectivity index (χ0v) is 11.4. The van der Waals surface area contributed by atoms with Crippen LogP contribution in [0.4, 0.5) is 15.8 Å². The van der Waals surface area contributed by atoms with E-state index in [2.05, 4.69) is 0 Å². The molecule has 0 aliphatic heterocycles. The van der Waals surface area contributed by atoms with Gasteiger partial charge in [-0.05, 0) is 36.4 Å². The largest absolute Gasteiger partial charge is 0.507 e. The lowest BCUT2D eigenvalue weighted by Gasteiger charge is -2.20. The van der Waals surface area contributed by atoms with Gasteiger partial charge in [-0.2, -0.15) is 0 Å². The molecule has 1 amide bonds. The van der Waals surface area contributed by atoms with Crippen molar-refractivity contribution in [2.75, 3.05) is 17.7 Å². The highest BCUT2D eigenvalue weighted by molar-refractivity contribution is 6.31. The smallest absolute Gasteiger partial charge is 0.261 e. The van der Waals surface area contributed by atoms with E-state index < -0.39 is 11.7 Å². The number of phenolic OH excluding ortho intramolecular Hbond substituents is 1. The standard InChI is InChI=1S/C14H12ClFN2O2/c1-18(12-6-8(15)2-4-11(12)17)14(20)10-7-9(16)3-5-13(10)19/h2-7,19H,17H2,1H3. The highest BCUT2D eigenvalue weighted by Crippen LogP contribution is 2.28. The Morgan fingerprint density at radius 2 is 2.00 bits per heavy atom. The van der Waals surface area contributed by atoms with Crippen LogP contribution < -0.4 is 10.6 Å². The third-order valence-corrected chi connectivity index (χ3v) is 3.08. The van der Waals surface area contributed by atoms with Crippen molar-refractivity contribution in [3.63, 3.8) is 0 Å². The molecular weight excluding hydrogens is 283 g/mol. The molecule has 0 saturated carbocycles. The highest BCUT2D eigenvalue weighted by Gasteiger charge is 2.19. The molecule has 3 N–H and O–H groups in total. The van der Waals surface area contributed by atoms with Gasteiger partial charge < -0.3 is 15.7 Å².